The minimum Gasteiger partial charge on any atom is -0.469 e. The maximum atomic E-state index is 11.9. The molecular weight excluding hydrogens is 232 g/mol. The number of hydrogen-bond acceptors (Lipinski definition) is 4. The van der Waals surface area contributed by atoms with Crippen molar-refractivity contribution in [2.75, 3.05) is 20.2 Å². The molecule has 5 heteroatoms. The van der Waals surface area contributed by atoms with E-state index < -0.39 is 0 Å². The number of likely N-dealkylation sites (tertiary alicyclic amines) is 1. The first kappa shape index (κ1) is 15.0. The Morgan fingerprint density at radius 2 is 1.78 bits per heavy atom. The molecule has 1 N–H and O–H groups in total. The summed E-state index contributed by atoms with van der Waals surface area (Å²) in [5, 5.41) is 2.91. The van der Waals surface area contributed by atoms with E-state index in [2.05, 4.69) is 10.2 Å². The lowest BCUT2D eigenvalue weighted by Crippen LogP contribution is -2.50. The second-order valence-electron chi connectivity index (χ2n) is 5.17. The van der Waals surface area contributed by atoms with E-state index in [1.807, 2.05) is 20.8 Å². The van der Waals surface area contributed by atoms with Crippen molar-refractivity contribution in [2.45, 2.75) is 45.7 Å². The van der Waals surface area contributed by atoms with Crippen molar-refractivity contribution in [3.8, 4) is 0 Å². The number of piperidine rings is 1. The van der Waals surface area contributed by atoms with Gasteiger partial charge in [0.2, 0.25) is 5.91 Å². The summed E-state index contributed by atoms with van der Waals surface area (Å²) in [5.74, 6) is -0.0814. The predicted octanol–water partition coefficient (Wildman–Crippen LogP) is 0.785. The fourth-order valence-electron chi connectivity index (χ4n) is 2.26. The van der Waals surface area contributed by atoms with Gasteiger partial charge in [0, 0.05) is 6.04 Å². The van der Waals surface area contributed by atoms with Crippen molar-refractivity contribution in [1.29, 1.82) is 0 Å². The van der Waals surface area contributed by atoms with Gasteiger partial charge in [0.05, 0.1) is 19.1 Å². The molecule has 0 aromatic carbocycles. The van der Waals surface area contributed by atoms with Crippen LogP contribution in [0, 0.1) is 5.92 Å². The van der Waals surface area contributed by atoms with Crippen LogP contribution in [0.1, 0.15) is 33.6 Å². The zero-order chi connectivity index (χ0) is 13.7. The van der Waals surface area contributed by atoms with Crippen molar-refractivity contribution >= 4 is 11.9 Å². The lowest BCUT2D eigenvalue weighted by atomic mass is 9.96. The minimum atomic E-state index is -0.133. The highest BCUT2D eigenvalue weighted by atomic mass is 16.5. The fraction of sp³-hybridized carbons (Fsp3) is 0.846. The number of methoxy groups -OCH3 is 1. The van der Waals surface area contributed by atoms with Crippen molar-refractivity contribution in [3.05, 3.63) is 0 Å². The summed E-state index contributed by atoms with van der Waals surface area (Å²) in [4.78, 5) is 25.4. The van der Waals surface area contributed by atoms with Crippen molar-refractivity contribution in [2.24, 2.45) is 5.92 Å². The molecule has 0 saturated carbocycles. The number of ether oxygens (including phenoxy) is 1. The molecule has 0 radical (unpaired) electrons. The topological polar surface area (TPSA) is 58.6 Å². The first-order chi connectivity index (χ1) is 8.45. The van der Waals surface area contributed by atoms with Gasteiger partial charge in [0.25, 0.3) is 0 Å². The van der Waals surface area contributed by atoms with E-state index in [9.17, 15) is 9.59 Å². The summed E-state index contributed by atoms with van der Waals surface area (Å²) in [6.45, 7) is 7.36. The van der Waals surface area contributed by atoms with Crippen molar-refractivity contribution in [1.82, 2.24) is 10.2 Å². The molecule has 0 bridgehead atoms. The standard InChI is InChI=1S/C13H24N2O3/c1-9(2)14-12(16)10(3)15-7-5-11(6-8-15)13(17)18-4/h9-11H,5-8H2,1-4H3,(H,14,16)/t10-/m1/s1. The largest absolute Gasteiger partial charge is 0.469 e. The number of nitrogens with one attached hydrogen (secondary N) is 1. The van der Waals surface area contributed by atoms with Crippen LogP contribution in [0.15, 0.2) is 0 Å². The summed E-state index contributed by atoms with van der Waals surface area (Å²) in [7, 11) is 1.42. The first-order valence-electron chi connectivity index (χ1n) is 6.58. The quantitative estimate of drug-likeness (QED) is 0.755. The van der Waals surface area contributed by atoms with E-state index in [1.165, 1.54) is 7.11 Å². The molecule has 1 fully saturated rings. The molecule has 18 heavy (non-hydrogen) atoms. The van der Waals surface area contributed by atoms with Gasteiger partial charge < -0.3 is 10.1 Å². The van der Waals surface area contributed by atoms with E-state index in [-0.39, 0.29) is 29.9 Å². The minimum absolute atomic E-state index is 0.00777. The Labute approximate surface area is 109 Å². The van der Waals surface area contributed by atoms with Gasteiger partial charge in [-0.2, -0.15) is 0 Å². The third-order valence-corrected chi connectivity index (χ3v) is 3.42. The zero-order valence-electron chi connectivity index (χ0n) is 11.7. The van der Waals surface area contributed by atoms with Gasteiger partial charge in [0.15, 0.2) is 0 Å². The molecule has 5 nitrogen and oxygen atoms in total. The lowest BCUT2D eigenvalue weighted by molar-refractivity contribution is -0.147. The van der Waals surface area contributed by atoms with Crippen LogP contribution in [0.25, 0.3) is 0 Å². The van der Waals surface area contributed by atoms with Gasteiger partial charge in [-0.3, -0.25) is 14.5 Å². The number of amides is 1. The second kappa shape index (κ2) is 6.73. The molecule has 1 aliphatic rings. The second-order valence-corrected chi connectivity index (χ2v) is 5.17. The van der Waals surface area contributed by atoms with Crippen LogP contribution in [0.5, 0.6) is 0 Å². The normalized spacial score (nSPS) is 19.6. The van der Waals surface area contributed by atoms with E-state index in [1.54, 1.807) is 0 Å². The van der Waals surface area contributed by atoms with Gasteiger partial charge in [-0.1, -0.05) is 0 Å². The Hall–Kier alpha value is -1.10. The van der Waals surface area contributed by atoms with Gasteiger partial charge >= 0.3 is 5.97 Å². The van der Waals surface area contributed by atoms with Crippen LogP contribution < -0.4 is 5.32 Å². The molecule has 1 aliphatic heterocycles. The first-order valence-corrected chi connectivity index (χ1v) is 6.58. The molecule has 1 amide bonds. The summed E-state index contributed by atoms with van der Waals surface area (Å²) >= 11 is 0. The smallest absolute Gasteiger partial charge is 0.308 e. The van der Waals surface area contributed by atoms with Gasteiger partial charge in [-0.25, -0.2) is 0 Å². The average molecular weight is 256 g/mol. The maximum Gasteiger partial charge on any atom is 0.308 e. The molecule has 0 unspecified atom stereocenters. The van der Waals surface area contributed by atoms with Crippen molar-refractivity contribution in [3.63, 3.8) is 0 Å². The molecule has 0 aliphatic carbocycles. The molecule has 1 atom stereocenters. The van der Waals surface area contributed by atoms with Crippen LogP contribution in [-0.4, -0.2) is 49.1 Å². The fourth-order valence-corrected chi connectivity index (χ4v) is 2.26. The Balaban J connectivity index is 2.42. The lowest BCUT2D eigenvalue weighted by Gasteiger charge is -2.34. The monoisotopic (exact) mass is 256 g/mol. The molecule has 0 aromatic rings. The third-order valence-electron chi connectivity index (χ3n) is 3.42. The van der Waals surface area contributed by atoms with Crippen LogP contribution in [-0.2, 0) is 14.3 Å². The highest BCUT2D eigenvalue weighted by Crippen LogP contribution is 2.20. The van der Waals surface area contributed by atoms with Crippen LogP contribution in [0.4, 0.5) is 0 Å². The number of hydrogen-bond donors (Lipinski definition) is 1. The molecule has 0 spiro atoms. The number of carbonyl (C=O) groups excluding carboxylic acids is 2. The van der Waals surface area contributed by atoms with Gasteiger partial charge in [-0.15, -0.1) is 0 Å². The van der Waals surface area contributed by atoms with Gasteiger partial charge in [-0.05, 0) is 46.7 Å². The SMILES string of the molecule is COC(=O)C1CCN([C@H](C)C(=O)NC(C)C)CC1. The number of carbonyl (C=O) groups is 2. The van der Waals surface area contributed by atoms with Crippen LogP contribution >= 0.6 is 0 Å². The number of esters is 1. The van der Waals surface area contributed by atoms with Crippen LogP contribution in [0.3, 0.4) is 0 Å². The number of nitrogens with zero attached hydrogens (tertiary/aromatic N) is 1. The maximum absolute atomic E-state index is 11.9. The highest BCUT2D eigenvalue weighted by Gasteiger charge is 2.30. The van der Waals surface area contributed by atoms with E-state index in [0.29, 0.717) is 0 Å². The molecule has 1 saturated heterocycles. The summed E-state index contributed by atoms with van der Waals surface area (Å²) in [5.41, 5.74) is 0. The Morgan fingerprint density at radius 1 is 1.22 bits per heavy atom. The number of rotatable bonds is 4. The van der Waals surface area contributed by atoms with Crippen LogP contribution in [0.2, 0.25) is 0 Å². The third kappa shape index (κ3) is 3.98. The Morgan fingerprint density at radius 3 is 2.22 bits per heavy atom. The summed E-state index contributed by atoms with van der Waals surface area (Å²) < 4.78 is 4.75. The molecule has 1 heterocycles. The Bertz CT molecular complexity index is 297. The molecule has 104 valence electrons. The summed E-state index contributed by atoms with van der Waals surface area (Å²) in [6, 6.07) is 0.0264. The molecule has 0 aromatic heterocycles. The Kier molecular flexibility index (Phi) is 5.59. The molecule has 1 rings (SSSR count). The predicted molar refractivity (Wildman–Crippen MR) is 69.1 cm³/mol. The van der Waals surface area contributed by atoms with E-state index in [4.69, 9.17) is 4.74 Å². The molecular formula is C13H24N2O3. The van der Waals surface area contributed by atoms with Crippen molar-refractivity contribution < 1.29 is 14.3 Å². The zero-order valence-corrected chi connectivity index (χ0v) is 11.7. The van der Waals surface area contributed by atoms with E-state index >= 15 is 0 Å². The average Bonchev–Trinajstić information content (AvgIpc) is 2.36. The summed E-state index contributed by atoms with van der Waals surface area (Å²) in [6.07, 6.45) is 1.54. The highest BCUT2D eigenvalue weighted by molar-refractivity contribution is 5.81. The van der Waals surface area contributed by atoms with E-state index in [0.717, 1.165) is 25.9 Å². The van der Waals surface area contributed by atoms with Gasteiger partial charge in [0.1, 0.15) is 0 Å².